The third-order valence-electron chi connectivity index (χ3n) is 0.829. The minimum Gasteiger partial charge on any atom is -0.245 e. The summed E-state index contributed by atoms with van der Waals surface area (Å²) in [7, 11) is 0. The maximum absolute atomic E-state index is 3.25. The molecule has 0 atom stereocenters. The summed E-state index contributed by atoms with van der Waals surface area (Å²) in [5, 5.41) is 0. The van der Waals surface area contributed by atoms with Gasteiger partial charge in [-0.1, -0.05) is 6.92 Å². The van der Waals surface area contributed by atoms with Crippen molar-refractivity contribution in [2.45, 2.75) is 6.92 Å². The van der Waals surface area contributed by atoms with Crippen molar-refractivity contribution in [3.05, 3.63) is 49.4 Å². The SMILES string of the molecule is C=C[CH2-].C[c-]1cccc1.[Pd+2]. The van der Waals surface area contributed by atoms with Crippen LogP contribution in [0, 0.1) is 13.8 Å². The van der Waals surface area contributed by atoms with Gasteiger partial charge < -0.3 is 0 Å². The third-order valence-corrected chi connectivity index (χ3v) is 0.829. The van der Waals surface area contributed by atoms with E-state index in [1.54, 1.807) is 0 Å². The Morgan fingerprint density at radius 3 is 1.80 bits per heavy atom. The van der Waals surface area contributed by atoms with E-state index in [-0.39, 0.29) is 20.4 Å². The van der Waals surface area contributed by atoms with Crippen molar-refractivity contribution in [2.75, 3.05) is 0 Å². The van der Waals surface area contributed by atoms with Gasteiger partial charge in [0.2, 0.25) is 0 Å². The van der Waals surface area contributed by atoms with Crippen molar-refractivity contribution in [3.63, 3.8) is 0 Å². The van der Waals surface area contributed by atoms with Crippen molar-refractivity contribution < 1.29 is 20.4 Å². The normalized spacial score (nSPS) is 6.50. The Morgan fingerprint density at radius 1 is 1.40 bits per heavy atom. The second-order valence-corrected chi connectivity index (χ2v) is 1.75. The largest absolute Gasteiger partial charge is 2.00 e. The van der Waals surface area contributed by atoms with E-state index in [0.29, 0.717) is 0 Å². The van der Waals surface area contributed by atoms with Gasteiger partial charge in [0.1, 0.15) is 0 Å². The monoisotopic (exact) mass is 226 g/mol. The molecule has 0 aliphatic heterocycles. The van der Waals surface area contributed by atoms with E-state index >= 15 is 0 Å². The molecule has 0 saturated carbocycles. The molecule has 10 heavy (non-hydrogen) atoms. The van der Waals surface area contributed by atoms with E-state index in [4.69, 9.17) is 0 Å². The zero-order valence-electron chi connectivity index (χ0n) is 6.12. The van der Waals surface area contributed by atoms with Crippen LogP contribution >= 0.6 is 0 Å². The Kier molecular flexibility index (Phi) is 10.6. The molecule has 0 saturated heterocycles. The first kappa shape index (κ1) is 12.3. The van der Waals surface area contributed by atoms with Gasteiger partial charge in [0, 0.05) is 0 Å². The van der Waals surface area contributed by atoms with Crippen LogP contribution < -0.4 is 0 Å². The van der Waals surface area contributed by atoms with Gasteiger partial charge in [0.15, 0.2) is 0 Å². The summed E-state index contributed by atoms with van der Waals surface area (Å²) in [6.45, 7) is 8.58. The molecule has 0 aromatic heterocycles. The molecule has 0 amide bonds. The summed E-state index contributed by atoms with van der Waals surface area (Å²) < 4.78 is 0. The smallest absolute Gasteiger partial charge is 0.245 e. The Bertz CT molecular complexity index is 140. The fourth-order valence-corrected chi connectivity index (χ4v) is 0.470. The van der Waals surface area contributed by atoms with Crippen molar-refractivity contribution in [3.8, 4) is 0 Å². The number of rotatable bonds is 0. The zero-order valence-corrected chi connectivity index (χ0v) is 7.67. The summed E-state index contributed by atoms with van der Waals surface area (Å²) in [6, 6.07) is 8.24. The van der Waals surface area contributed by atoms with Gasteiger partial charge in [-0.2, -0.15) is 17.7 Å². The van der Waals surface area contributed by atoms with Crippen LogP contribution in [0.1, 0.15) is 5.56 Å². The molecule has 0 aliphatic rings. The maximum Gasteiger partial charge on any atom is 2.00 e. The first-order valence-electron chi connectivity index (χ1n) is 2.89. The van der Waals surface area contributed by atoms with Gasteiger partial charge in [0.05, 0.1) is 0 Å². The predicted octanol–water partition coefficient (Wildman–Crippen LogP) is 2.72. The molecular weight excluding hydrogens is 215 g/mol. The molecule has 0 fully saturated rings. The summed E-state index contributed by atoms with van der Waals surface area (Å²) in [6.07, 6.45) is 1.50. The minimum atomic E-state index is 0. The molecule has 58 valence electrons. The number of hydrogen-bond donors (Lipinski definition) is 0. The standard InChI is InChI=1S/C6H7.C3H5.Pd/c1-6-4-2-3-5-6;1-3-2;/h2-5H,1H3;3H,1-2H2;/q2*-1;+2. The van der Waals surface area contributed by atoms with Gasteiger partial charge in [-0.15, -0.1) is 0 Å². The first-order valence-corrected chi connectivity index (χ1v) is 2.89. The second kappa shape index (κ2) is 8.62. The molecule has 0 heterocycles. The second-order valence-electron chi connectivity index (χ2n) is 1.75. The van der Waals surface area contributed by atoms with Crippen LogP contribution in [0.4, 0.5) is 0 Å². The fraction of sp³-hybridized carbons (Fsp3) is 0.111. The predicted molar refractivity (Wildman–Crippen MR) is 42.3 cm³/mol. The Labute approximate surface area is 77.0 Å². The molecular formula is C9H12Pd. The number of hydrogen-bond acceptors (Lipinski definition) is 0. The minimum absolute atomic E-state index is 0. The molecule has 0 spiro atoms. The topological polar surface area (TPSA) is 0 Å². The van der Waals surface area contributed by atoms with Crippen LogP contribution in [0.15, 0.2) is 36.9 Å². The summed E-state index contributed by atoms with van der Waals surface area (Å²) >= 11 is 0. The van der Waals surface area contributed by atoms with E-state index in [2.05, 4.69) is 32.6 Å². The summed E-state index contributed by atoms with van der Waals surface area (Å²) in [5.41, 5.74) is 1.34. The maximum atomic E-state index is 3.25. The van der Waals surface area contributed by atoms with Crippen molar-refractivity contribution in [1.82, 2.24) is 0 Å². The average molecular weight is 227 g/mol. The average Bonchev–Trinajstić information content (AvgIpc) is 2.20. The van der Waals surface area contributed by atoms with Crippen LogP contribution in [0.25, 0.3) is 0 Å². The van der Waals surface area contributed by atoms with Crippen molar-refractivity contribution in [1.29, 1.82) is 0 Å². The number of aryl methyl sites for hydroxylation is 1. The van der Waals surface area contributed by atoms with Gasteiger partial charge in [-0.3, -0.25) is 0 Å². The van der Waals surface area contributed by atoms with Crippen LogP contribution in [-0.4, -0.2) is 0 Å². The summed E-state index contributed by atoms with van der Waals surface area (Å²) in [4.78, 5) is 0. The molecule has 1 rings (SSSR count). The number of allylic oxidation sites excluding steroid dienone is 1. The first-order chi connectivity index (χ1) is 4.31. The zero-order chi connectivity index (χ0) is 7.11. The molecule has 0 radical (unpaired) electrons. The van der Waals surface area contributed by atoms with Crippen LogP contribution in [0.3, 0.4) is 0 Å². The molecule has 1 heteroatoms. The molecule has 1 aromatic rings. The van der Waals surface area contributed by atoms with Crippen molar-refractivity contribution >= 4 is 0 Å². The summed E-state index contributed by atoms with van der Waals surface area (Å²) in [5.74, 6) is 0. The Hall–Kier alpha value is -0.378. The van der Waals surface area contributed by atoms with E-state index in [1.807, 2.05) is 12.1 Å². The molecule has 1 aromatic carbocycles. The van der Waals surface area contributed by atoms with Gasteiger partial charge in [-0.05, 0) is 0 Å². The fourth-order valence-electron chi connectivity index (χ4n) is 0.470. The molecule has 0 N–H and O–H groups in total. The van der Waals surface area contributed by atoms with Gasteiger partial charge in [0.25, 0.3) is 0 Å². The van der Waals surface area contributed by atoms with Crippen LogP contribution in [0.5, 0.6) is 0 Å². The van der Waals surface area contributed by atoms with Gasteiger partial charge >= 0.3 is 20.4 Å². The van der Waals surface area contributed by atoms with E-state index < -0.39 is 0 Å². The van der Waals surface area contributed by atoms with E-state index in [9.17, 15) is 0 Å². The molecule has 0 nitrogen and oxygen atoms in total. The van der Waals surface area contributed by atoms with Gasteiger partial charge in [-0.25, -0.2) is 31.7 Å². The van der Waals surface area contributed by atoms with Crippen LogP contribution in [-0.2, 0) is 20.4 Å². The Balaban J connectivity index is 0. The molecule has 0 unspecified atom stereocenters. The van der Waals surface area contributed by atoms with E-state index in [0.717, 1.165) is 0 Å². The molecule has 0 aliphatic carbocycles. The van der Waals surface area contributed by atoms with Crippen molar-refractivity contribution in [2.24, 2.45) is 0 Å². The molecule has 0 bridgehead atoms. The quantitative estimate of drug-likeness (QED) is 0.471. The van der Waals surface area contributed by atoms with E-state index in [1.165, 1.54) is 11.6 Å². The van der Waals surface area contributed by atoms with Crippen LogP contribution in [0.2, 0.25) is 0 Å². The third kappa shape index (κ3) is 7.62. The Morgan fingerprint density at radius 2 is 1.70 bits per heavy atom.